The van der Waals surface area contributed by atoms with Crippen LogP contribution in [0.5, 0.6) is 5.75 Å². The molecule has 0 spiro atoms. The number of fused-ring (bicyclic) bond motifs is 1. The number of nitrogens with zero attached hydrogens (tertiary/aromatic N) is 3. The van der Waals surface area contributed by atoms with Crippen LogP contribution in [0.4, 0.5) is 4.79 Å². The van der Waals surface area contributed by atoms with E-state index in [1.54, 1.807) is 33.5 Å². The molecule has 40 heavy (non-hydrogen) atoms. The van der Waals surface area contributed by atoms with Crippen molar-refractivity contribution < 1.29 is 14.3 Å². The van der Waals surface area contributed by atoms with Gasteiger partial charge in [0.05, 0.1) is 18.4 Å². The predicted octanol–water partition coefficient (Wildman–Crippen LogP) is 4.56. The standard InChI is InChI=1S/C31H38N6O3/c1-20(22-17-25-26(19-33-29(25)32-18-22)24-9-7-8-10-28(24)40-6)11-12-27(21(2)30(38)36(3)4)35-31(39)34-23-13-15-37(5)16-14-23/h7-12,17-19,23H,2,13-16H2,1,3-6H3,(H,32,33)(H2,34,35,39)/b20-11+,27-12+. The molecule has 0 saturated carbocycles. The largest absolute Gasteiger partial charge is 0.496 e. The first-order valence-corrected chi connectivity index (χ1v) is 13.3. The first kappa shape index (κ1) is 28.6. The van der Waals surface area contributed by atoms with Crippen LogP contribution in [-0.2, 0) is 4.79 Å². The molecular weight excluding hydrogens is 504 g/mol. The number of likely N-dealkylation sites (N-methyl/N-ethyl adjacent to an activating group) is 1. The highest BCUT2D eigenvalue weighted by molar-refractivity contribution is 5.98. The van der Waals surface area contributed by atoms with Crippen LogP contribution in [0.2, 0.25) is 0 Å². The Labute approximate surface area is 235 Å². The maximum atomic E-state index is 12.9. The van der Waals surface area contributed by atoms with Crippen LogP contribution in [0.3, 0.4) is 0 Å². The Morgan fingerprint density at radius 1 is 1.18 bits per heavy atom. The number of benzene rings is 1. The summed E-state index contributed by atoms with van der Waals surface area (Å²) in [5.74, 6) is 0.496. The molecule has 1 aromatic carbocycles. The Kier molecular flexibility index (Phi) is 9.06. The number of nitrogens with one attached hydrogen (secondary N) is 3. The maximum Gasteiger partial charge on any atom is 0.319 e. The smallest absolute Gasteiger partial charge is 0.319 e. The van der Waals surface area contributed by atoms with E-state index in [0.29, 0.717) is 5.70 Å². The van der Waals surface area contributed by atoms with Gasteiger partial charge in [-0.05, 0) is 69.2 Å². The van der Waals surface area contributed by atoms with Crippen LogP contribution >= 0.6 is 0 Å². The summed E-state index contributed by atoms with van der Waals surface area (Å²) in [5.41, 5.74) is 5.08. The number of hydrogen-bond acceptors (Lipinski definition) is 5. The molecule has 4 rings (SSSR count). The lowest BCUT2D eigenvalue weighted by molar-refractivity contribution is -0.124. The number of amides is 3. The number of aromatic amines is 1. The molecule has 1 aliphatic rings. The van der Waals surface area contributed by atoms with E-state index < -0.39 is 0 Å². The fourth-order valence-corrected chi connectivity index (χ4v) is 4.71. The number of carbonyl (C=O) groups excluding carboxylic acids is 2. The molecule has 210 valence electrons. The summed E-state index contributed by atoms with van der Waals surface area (Å²) in [6.45, 7) is 7.79. The van der Waals surface area contributed by atoms with Crippen molar-refractivity contribution >= 4 is 28.5 Å². The number of ether oxygens (including phenoxy) is 1. The number of methoxy groups -OCH3 is 1. The van der Waals surface area contributed by atoms with E-state index >= 15 is 0 Å². The summed E-state index contributed by atoms with van der Waals surface area (Å²) >= 11 is 0. The minimum absolute atomic E-state index is 0.0872. The minimum atomic E-state index is -0.351. The van der Waals surface area contributed by atoms with Crippen molar-refractivity contribution in [2.45, 2.75) is 25.8 Å². The molecule has 3 amide bonds. The number of aromatic nitrogens is 2. The van der Waals surface area contributed by atoms with Crippen molar-refractivity contribution in [3.05, 3.63) is 78.3 Å². The average molecular weight is 543 g/mol. The number of hydrogen-bond donors (Lipinski definition) is 3. The molecule has 0 unspecified atom stereocenters. The minimum Gasteiger partial charge on any atom is -0.496 e. The zero-order valence-corrected chi connectivity index (χ0v) is 23.9. The Bertz CT molecular complexity index is 1460. The molecule has 0 radical (unpaired) electrons. The van der Waals surface area contributed by atoms with Gasteiger partial charge in [0.15, 0.2) is 0 Å². The molecular formula is C31H38N6O3. The monoisotopic (exact) mass is 542 g/mol. The van der Waals surface area contributed by atoms with Gasteiger partial charge in [0.2, 0.25) is 0 Å². The fraction of sp³-hybridized carbons (Fsp3) is 0.323. The molecule has 0 atom stereocenters. The van der Waals surface area contributed by atoms with Crippen LogP contribution < -0.4 is 15.4 Å². The van der Waals surface area contributed by atoms with Gasteiger partial charge in [-0.1, -0.05) is 30.9 Å². The molecule has 3 heterocycles. The quantitative estimate of drug-likeness (QED) is 0.286. The van der Waals surface area contributed by atoms with Crippen LogP contribution in [-0.4, -0.2) is 79.1 Å². The van der Waals surface area contributed by atoms with Crippen molar-refractivity contribution in [3.63, 3.8) is 0 Å². The average Bonchev–Trinajstić information content (AvgIpc) is 3.38. The summed E-state index contributed by atoms with van der Waals surface area (Å²) in [5, 5.41) is 6.85. The highest BCUT2D eigenvalue weighted by Crippen LogP contribution is 2.35. The van der Waals surface area contributed by atoms with E-state index in [0.717, 1.165) is 65.0 Å². The van der Waals surface area contributed by atoms with Crippen molar-refractivity contribution in [2.75, 3.05) is 41.3 Å². The van der Waals surface area contributed by atoms with Gasteiger partial charge in [0.1, 0.15) is 11.4 Å². The number of para-hydroxylation sites is 1. The summed E-state index contributed by atoms with van der Waals surface area (Å²) in [4.78, 5) is 37.1. The van der Waals surface area contributed by atoms with E-state index in [9.17, 15) is 9.59 Å². The second-order valence-corrected chi connectivity index (χ2v) is 10.3. The number of likely N-dealkylation sites (tertiary alicyclic amines) is 1. The number of allylic oxidation sites excluding steroid dienone is 3. The predicted molar refractivity (Wildman–Crippen MR) is 160 cm³/mol. The van der Waals surface area contributed by atoms with Gasteiger partial charge in [-0.3, -0.25) is 4.79 Å². The molecule has 0 aliphatic carbocycles. The lowest BCUT2D eigenvalue weighted by atomic mass is 10.0. The zero-order valence-electron chi connectivity index (χ0n) is 23.9. The molecule has 3 N–H and O–H groups in total. The third-order valence-corrected chi connectivity index (χ3v) is 7.18. The van der Waals surface area contributed by atoms with Crippen LogP contribution in [0.25, 0.3) is 27.7 Å². The normalized spacial score (nSPS) is 15.1. The number of rotatable bonds is 8. The highest BCUT2D eigenvalue weighted by atomic mass is 16.5. The molecule has 1 aliphatic heterocycles. The Morgan fingerprint density at radius 2 is 1.90 bits per heavy atom. The third-order valence-electron chi connectivity index (χ3n) is 7.18. The first-order chi connectivity index (χ1) is 19.2. The lowest BCUT2D eigenvalue weighted by Crippen LogP contribution is -2.47. The van der Waals surface area contributed by atoms with E-state index in [4.69, 9.17) is 4.74 Å². The summed E-state index contributed by atoms with van der Waals surface area (Å²) in [6, 6.07) is 9.67. The highest BCUT2D eigenvalue weighted by Gasteiger charge is 2.21. The molecule has 0 bridgehead atoms. The van der Waals surface area contributed by atoms with Gasteiger partial charge in [0, 0.05) is 49.0 Å². The maximum absolute atomic E-state index is 12.9. The van der Waals surface area contributed by atoms with E-state index in [1.165, 1.54) is 4.90 Å². The van der Waals surface area contributed by atoms with Crippen LogP contribution in [0.1, 0.15) is 25.3 Å². The number of H-pyrrole nitrogens is 1. The Balaban J connectivity index is 1.61. The van der Waals surface area contributed by atoms with Crippen molar-refractivity contribution in [3.8, 4) is 16.9 Å². The third kappa shape index (κ3) is 6.60. The molecule has 1 saturated heterocycles. The van der Waals surface area contributed by atoms with E-state index in [1.807, 2.05) is 43.5 Å². The van der Waals surface area contributed by atoms with Gasteiger partial charge in [-0.25, -0.2) is 9.78 Å². The van der Waals surface area contributed by atoms with Gasteiger partial charge in [-0.2, -0.15) is 0 Å². The van der Waals surface area contributed by atoms with Gasteiger partial charge < -0.3 is 30.2 Å². The van der Waals surface area contributed by atoms with Gasteiger partial charge in [-0.15, -0.1) is 0 Å². The SMILES string of the molecule is C=C(C(=O)N(C)C)/C(=C\C=C(/C)c1cnc2[nH]cc(-c3ccccc3OC)c2c1)NC(=O)NC1CCN(C)CC1. The molecule has 9 nitrogen and oxygen atoms in total. The van der Waals surface area contributed by atoms with Crippen molar-refractivity contribution in [1.82, 2.24) is 30.4 Å². The molecule has 3 aromatic rings. The van der Waals surface area contributed by atoms with Crippen molar-refractivity contribution in [1.29, 1.82) is 0 Å². The van der Waals surface area contributed by atoms with Gasteiger partial charge in [0.25, 0.3) is 5.91 Å². The molecule has 1 fully saturated rings. The first-order valence-electron chi connectivity index (χ1n) is 13.3. The number of carbonyl (C=O) groups is 2. The van der Waals surface area contributed by atoms with Crippen molar-refractivity contribution in [2.24, 2.45) is 0 Å². The second-order valence-electron chi connectivity index (χ2n) is 10.3. The fourth-order valence-electron chi connectivity index (χ4n) is 4.71. The zero-order chi connectivity index (χ0) is 28.8. The molecule has 2 aromatic heterocycles. The number of pyridine rings is 1. The molecule has 9 heteroatoms. The van der Waals surface area contributed by atoms with E-state index in [2.05, 4.69) is 45.2 Å². The van der Waals surface area contributed by atoms with Crippen LogP contribution in [0, 0.1) is 0 Å². The lowest BCUT2D eigenvalue weighted by Gasteiger charge is -2.29. The number of piperidine rings is 1. The van der Waals surface area contributed by atoms with E-state index in [-0.39, 0.29) is 23.6 Å². The Hall–Kier alpha value is -4.37. The Morgan fingerprint density at radius 3 is 2.60 bits per heavy atom. The summed E-state index contributed by atoms with van der Waals surface area (Å²) < 4.78 is 5.57. The summed E-state index contributed by atoms with van der Waals surface area (Å²) in [7, 11) is 7.04. The summed E-state index contributed by atoms with van der Waals surface area (Å²) in [6.07, 6.45) is 9.06. The number of urea groups is 1. The van der Waals surface area contributed by atoms with Gasteiger partial charge >= 0.3 is 6.03 Å². The topological polar surface area (TPSA) is 103 Å². The second kappa shape index (κ2) is 12.7. The van der Waals surface area contributed by atoms with Crippen LogP contribution in [0.15, 0.2) is 72.7 Å².